The van der Waals surface area contributed by atoms with E-state index < -0.39 is 5.95 Å². The van der Waals surface area contributed by atoms with Gasteiger partial charge in [0, 0.05) is 12.4 Å². The summed E-state index contributed by atoms with van der Waals surface area (Å²) in [6.07, 6.45) is 4.96. The van der Waals surface area contributed by atoms with E-state index >= 15 is 0 Å². The summed E-state index contributed by atoms with van der Waals surface area (Å²) in [4.78, 5) is 11.6. The lowest BCUT2D eigenvalue weighted by atomic mass is 10.3. The summed E-state index contributed by atoms with van der Waals surface area (Å²) in [5, 5.41) is 2.94. The minimum Gasteiger partial charge on any atom is -0.349 e. The Morgan fingerprint density at radius 3 is 2.53 bits per heavy atom. The van der Waals surface area contributed by atoms with Crippen molar-refractivity contribution in [3.05, 3.63) is 48.3 Å². The predicted octanol–water partition coefficient (Wildman–Crippen LogP) is 2.17. The Labute approximate surface area is 105 Å². The summed E-state index contributed by atoms with van der Waals surface area (Å²) >= 11 is 3.53. The fourth-order valence-corrected chi connectivity index (χ4v) is 1.11. The van der Waals surface area contributed by atoms with Crippen molar-refractivity contribution in [2.75, 3.05) is 11.6 Å². The smallest absolute Gasteiger partial charge is 0.222 e. The lowest BCUT2D eigenvalue weighted by Gasteiger charge is -2.02. The maximum atomic E-state index is 12.7. The number of hydrogen-bond acceptors (Lipinski definition) is 5. The van der Waals surface area contributed by atoms with Gasteiger partial charge in [0.15, 0.2) is 0 Å². The van der Waals surface area contributed by atoms with E-state index in [1.807, 2.05) is 0 Å². The van der Waals surface area contributed by atoms with Crippen LogP contribution in [-0.2, 0) is 6.54 Å². The summed E-state index contributed by atoms with van der Waals surface area (Å²) in [6, 6.07) is 6.39. The average molecular weight is 252 g/mol. The molecular weight excluding hydrogens is 239 g/mol. The number of nitrogens with one attached hydrogen (secondary N) is 1. The summed E-state index contributed by atoms with van der Waals surface area (Å²) in [5.41, 5.74) is 0.613. The van der Waals surface area contributed by atoms with E-state index in [9.17, 15) is 4.39 Å². The van der Waals surface area contributed by atoms with Crippen molar-refractivity contribution in [1.82, 2.24) is 15.0 Å². The van der Waals surface area contributed by atoms with Crippen LogP contribution in [0.4, 0.5) is 10.3 Å². The summed E-state index contributed by atoms with van der Waals surface area (Å²) < 4.78 is 12.7. The van der Waals surface area contributed by atoms with Gasteiger partial charge in [0.05, 0.1) is 12.2 Å². The minimum absolute atomic E-state index is 0.405. The van der Waals surface area contributed by atoms with E-state index in [0.717, 1.165) is 0 Å². The van der Waals surface area contributed by atoms with Crippen molar-refractivity contribution in [3.63, 3.8) is 0 Å². The van der Waals surface area contributed by atoms with Crippen LogP contribution in [0.1, 0.15) is 5.69 Å². The molecule has 0 amide bonds. The van der Waals surface area contributed by atoms with Gasteiger partial charge < -0.3 is 5.32 Å². The number of hydrogen-bond donors (Lipinski definition) is 2. The van der Waals surface area contributed by atoms with Gasteiger partial charge in [0.1, 0.15) is 0 Å². The molecule has 0 aliphatic heterocycles. The van der Waals surface area contributed by atoms with Crippen molar-refractivity contribution in [1.29, 1.82) is 0 Å². The summed E-state index contributed by atoms with van der Waals surface area (Å²) in [5.74, 6) is 0.0202. The van der Waals surface area contributed by atoms with Crippen LogP contribution in [0.15, 0.2) is 36.7 Å². The van der Waals surface area contributed by atoms with Crippen molar-refractivity contribution in [3.8, 4) is 0 Å². The van der Waals surface area contributed by atoms with Gasteiger partial charge >= 0.3 is 0 Å². The maximum Gasteiger partial charge on any atom is 0.222 e. The van der Waals surface area contributed by atoms with Crippen LogP contribution in [0, 0.1) is 5.95 Å². The largest absolute Gasteiger partial charge is 0.349 e. The molecule has 0 saturated carbocycles. The Kier molecular flexibility index (Phi) is 5.95. The van der Waals surface area contributed by atoms with E-state index in [-0.39, 0.29) is 0 Å². The number of halogens is 1. The Morgan fingerprint density at radius 2 is 1.88 bits per heavy atom. The molecule has 17 heavy (non-hydrogen) atoms. The molecule has 0 bridgehead atoms. The Morgan fingerprint density at radius 1 is 1.18 bits per heavy atom. The fourth-order valence-electron chi connectivity index (χ4n) is 1.11. The van der Waals surface area contributed by atoms with Crippen LogP contribution >= 0.6 is 12.6 Å². The first kappa shape index (κ1) is 13.4. The van der Waals surface area contributed by atoms with Crippen molar-refractivity contribution in [2.24, 2.45) is 0 Å². The third-order valence-electron chi connectivity index (χ3n) is 1.77. The van der Waals surface area contributed by atoms with Crippen LogP contribution in [0.2, 0.25) is 0 Å². The monoisotopic (exact) mass is 252 g/mol. The van der Waals surface area contributed by atoms with Crippen LogP contribution in [0.5, 0.6) is 0 Å². The van der Waals surface area contributed by atoms with Gasteiger partial charge in [-0.3, -0.25) is 0 Å². The highest BCUT2D eigenvalue weighted by atomic mass is 32.1. The molecule has 2 aromatic heterocycles. The van der Waals surface area contributed by atoms with Gasteiger partial charge in [-0.25, -0.2) is 15.0 Å². The van der Waals surface area contributed by atoms with Gasteiger partial charge in [0.2, 0.25) is 11.9 Å². The molecule has 0 fully saturated rings. The van der Waals surface area contributed by atoms with Crippen molar-refractivity contribution < 1.29 is 4.39 Å². The van der Waals surface area contributed by atoms with Crippen LogP contribution < -0.4 is 5.32 Å². The molecule has 0 unspecified atom stereocenters. The van der Waals surface area contributed by atoms with Gasteiger partial charge in [0.25, 0.3) is 0 Å². The Hall–Kier alpha value is -1.69. The molecule has 0 atom stereocenters. The Balaban J connectivity index is 0.000000686. The highest BCUT2D eigenvalue weighted by Crippen LogP contribution is 2.01. The first-order chi connectivity index (χ1) is 8.34. The molecule has 0 radical (unpaired) electrons. The molecule has 1 N–H and O–H groups in total. The van der Waals surface area contributed by atoms with Crippen LogP contribution in [0.3, 0.4) is 0 Å². The SMILES string of the molecule is CS.Fc1cccc(CNc2ncccn2)n1. The molecule has 0 spiro atoms. The molecule has 0 saturated heterocycles. The van der Waals surface area contributed by atoms with E-state index in [1.54, 1.807) is 36.8 Å². The molecular formula is C11H13FN4S. The highest BCUT2D eigenvalue weighted by molar-refractivity contribution is 7.79. The number of thiol groups is 1. The normalized spacial score (nSPS) is 9.12. The number of aromatic nitrogens is 3. The van der Waals surface area contributed by atoms with Crippen molar-refractivity contribution >= 4 is 18.6 Å². The zero-order valence-electron chi connectivity index (χ0n) is 9.34. The lowest BCUT2D eigenvalue weighted by Crippen LogP contribution is -2.04. The Bertz CT molecular complexity index is 438. The van der Waals surface area contributed by atoms with E-state index in [0.29, 0.717) is 18.2 Å². The zero-order valence-corrected chi connectivity index (χ0v) is 10.2. The standard InChI is InChI=1S/C10H9FN4.CH4S/c11-9-4-1-3-8(15-9)7-14-10-12-5-2-6-13-10;1-2/h1-6H,7H2,(H,12,13,14);2H,1H3. The number of rotatable bonds is 3. The fraction of sp³-hybridized carbons (Fsp3) is 0.182. The summed E-state index contributed by atoms with van der Waals surface area (Å²) in [7, 11) is 0. The minimum atomic E-state index is -0.483. The van der Waals surface area contributed by atoms with Crippen molar-refractivity contribution in [2.45, 2.75) is 6.54 Å². The van der Waals surface area contributed by atoms with Crippen LogP contribution in [-0.4, -0.2) is 21.2 Å². The second kappa shape index (κ2) is 7.56. The molecule has 6 heteroatoms. The van der Waals surface area contributed by atoms with Gasteiger partial charge in [-0.05, 0) is 24.5 Å². The van der Waals surface area contributed by atoms with Gasteiger partial charge in [-0.1, -0.05) is 6.07 Å². The first-order valence-corrected chi connectivity index (χ1v) is 5.81. The number of anilines is 1. The lowest BCUT2D eigenvalue weighted by molar-refractivity contribution is 0.577. The van der Waals surface area contributed by atoms with E-state index in [2.05, 4.69) is 32.9 Å². The first-order valence-electron chi connectivity index (χ1n) is 4.91. The predicted molar refractivity (Wildman–Crippen MR) is 68.5 cm³/mol. The molecule has 2 rings (SSSR count). The third-order valence-corrected chi connectivity index (χ3v) is 1.77. The molecule has 0 aliphatic rings. The molecule has 2 aromatic rings. The van der Waals surface area contributed by atoms with Crippen LogP contribution in [0.25, 0.3) is 0 Å². The molecule has 4 nitrogen and oxygen atoms in total. The second-order valence-corrected chi connectivity index (χ2v) is 2.88. The third kappa shape index (κ3) is 4.78. The number of pyridine rings is 1. The van der Waals surface area contributed by atoms with E-state index in [4.69, 9.17) is 0 Å². The topological polar surface area (TPSA) is 50.7 Å². The molecule has 2 heterocycles. The highest BCUT2D eigenvalue weighted by Gasteiger charge is 1.97. The van der Waals surface area contributed by atoms with Gasteiger partial charge in [-0.2, -0.15) is 17.0 Å². The molecule has 0 aliphatic carbocycles. The summed E-state index contributed by atoms with van der Waals surface area (Å²) in [6.45, 7) is 0.405. The zero-order chi connectivity index (χ0) is 12.5. The second-order valence-electron chi connectivity index (χ2n) is 2.88. The number of nitrogens with zero attached hydrogens (tertiary/aromatic N) is 3. The quantitative estimate of drug-likeness (QED) is 0.649. The molecule has 0 aromatic carbocycles. The average Bonchev–Trinajstić information content (AvgIpc) is 2.40. The maximum absolute atomic E-state index is 12.7. The van der Waals surface area contributed by atoms with Gasteiger partial charge in [-0.15, -0.1) is 0 Å². The molecule has 90 valence electrons. The van der Waals surface area contributed by atoms with E-state index in [1.165, 1.54) is 6.07 Å².